The molecule has 3 aromatic rings. The molecular weight excluding hydrogens is 372 g/mol. The first-order valence-electron chi connectivity index (χ1n) is 6.73. The third-order valence-corrected chi connectivity index (χ3v) is 5.40. The summed E-state index contributed by atoms with van der Waals surface area (Å²) in [6.07, 6.45) is 0. The van der Waals surface area contributed by atoms with Crippen LogP contribution in [0.2, 0.25) is 5.02 Å². The SMILES string of the molecule is NC(=O)CNC(=O)CSc1nnc(-c2sc3ccccc3c2Cl)o1. The van der Waals surface area contributed by atoms with E-state index in [0.29, 0.717) is 15.8 Å². The third kappa shape index (κ3) is 3.69. The molecule has 0 fully saturated rings. The van der Waals surface area contributed by atoms with Crippen LogP contribution in [-0.2, 0) is 9.59 Å². The Kier molecular flexibility index (Phi) is 5.03. The molecule has 0 spiro atoms. The van der Waals surface area contributed by atoms with Crippen LogP contribution in [0.5, 0.6) is 0 Å². The summed E-state index contributed by atoms with van der Waals surface area (Å²) in [7, 11) is 0. The summed E-state index contributed by atoms with van der Waals surface area (Å²) in [4.78, 5) is 22.8. The molecule has 0 saturated heterocycles. The Labute approximate surface area is 149 Å². The maximum Gasteiger partial charge on any atom is 0.277 e. The first kappa shape index (κ1) is 16.7. The first-order chi connectivity index (χ1) is 11.5. The largest absolute Gasteiger partial charge is 0.410 e. The van der Waals surface area contributed by atoms with E-state index >= 15 is 0 Å². The average Bonchev–Trinajstić information content (AvgIpc) is 3.16. The quantitative estimate of drug-likeness (QED) is 0.633. The number of carbonyl (C=O) groups is 2. The zero-order chi connectivity index (χ0) is 17.1. The van der Waals surface area contributed by atoms with Crippen LogP contribution in [0.3, 0.4) is 0 Å². The van der Waals surface area contributed by atoms with Crippen molar-refractivity contribution in [2.45, 2.75) is 5.22 Å². The van der Waals surface area contributed by atoms with Gasteiger partial charge in [-0.1, -0.05) is 41.6 Å². The zero-order valence-electron chi connectivity index (χ0n) is 12.1. The number of amides is 2. The smallest absolute Gasteiger partial charge is 0.277 e. The topological polar surface area (TPSA) is 111 Å². The third-order valence-electron chi connectivity index (χ3n) is 2.92. The van der Waals surface area contributed by atoms with Crippen LogP contribution in [0.25, 0.3) is 20.9 Å². The lowest BCUT2D eigenvalue weighted by Crippen LogP contribution is -2.34. The van der Waals surface area contributed by atoms with E-state index in [0.717, 1.165) is 21.8 Å². The molecular formula is C14H11ClN4O3S2. The van der Waals surface area contributed by atoms with Gasteiger partial charge in [-0.3, -0.25) is 9.59 Å². The Balaban J connectivity index is 1.70. The van der Waals surface area contributed by atoms with Crippen LogP contribution in [0, 0.1) is 0 Å². The number of hydrogen-bond acceptors (Lipinski definition) is 7. The lowest BCUT2D eigenvalue weighted by atomic mass is 10.2. The maximum absolute atomic E-state index is 11.5. The predicted octanol–water partition coefficient (Wildman–Crippen LogP) is 2.30. The monoisotopic (exact) mass is 382 g/mol. The number of hydrogen-bond donors (Lipinski definition) is 2. The minimum absolute atomic E-state index is 0.0368. The summed E-state index contributed by atoms with van der Waals surface area (Å²) in [5.74, 6) is -0.609. The van der Waals surface area contributed by atoms with E-state index in [4.69, 9.17) is 21.8 Å². The summed E-state index contributed by atoms with van der Waals surface area (Å²) in [6, 6.07) is 7.72. The van der Waals surface area contributed by atoms with Crippen molar-refractivity contribution in [2.75, 3.05) is 12.3 Å². The Morgan fingerprint density at radius 3 is 2.88 bits per heavy atom. The van der Waals surface area contributed by atoms with Gasteiger partial charge in [0.05, 0.1) is 17.3 Å². The highest BCUT2D eigenvalue weighted by Gasteiger charge is 2.18. The highest BCUT2D eigenvalue weighted by molar-refractivity contribution is 7.99. The lowest BCUT2D eigenvalue weighted by Gasteiger charge is -1.99. The van der Waals surface area contributed by atoms with Crippen molar-refractivity contribution in [3.8, 4) is 10.8 Å². The van der Waals surface area contributed by atoms with E-state index in [-0.39, 0.29) is 23.4 Å². The summed E-state index contributed by atoms with van der Waals surface area (Å²) in [5.41, 5.74) is 4.95. The van der Waals surface area contributed by atoms with E-state index < -0.39 is 5.91 Å². The average molecular weight is 383 g/mol. The number of nitrogens with two attached hydrogens (primary N) is 1. The van der Waals surface area contributed by atoms with E-state index in [9.17, 15) is 9.59 Å². The van der Waals surface area contributed by atoms with Gasteiger partial charge < -0.3 is 15.5 Å². The number of halogens is 1. The molecule has 0 aliphatic carbocycles. The molecule has 1 aromatic carbocycles. The van der Waals surface area contributed by atoms with Crippen LogP contribution in [-0.4, -0.2) is 34.3 Å². The van der Waals surface area contributed by atoms with Gasteiger partial charge >= 0.3 is 0 Å². The van der Waals surface area contributed by atoms with Crippen molar-refractivity contribution in [3.63, 3.8) is 0 Å². The zero-order valence-corrected chi connectivity index (χ0v) is 14.5. The van der Waals surface area contributed by atoms with Crippen molar-refractivity contribution in [1.82, 2.24) is 15.5 Å². The molecule has 0 radical (unpaired) electrons. The minimum atomic E-state index is -0.604. The van der Waals surface area contributed by atoms with Gasteiger partial charge in [-0.2, -0.15) is 0 Å². The van der Waals surface area contributed by atoms with E-state index in [1.54, 1.807) is 0 Å². The Bertz CT molecular complexity index is 908. The molecule has 24 heavy (non-hydrogen) atoms. The molecule has 0 aliphatic heterocycles. The van der Waals surface area contributed by atoms with Crippen LogP contribution in [0.1, 0.15) is 0 Å². The molecule has 3 N–H and O–H groups in total. The molecule has 3 rings (SSSR count). The Hall–Kier alpha value is -2.10. The molecule has 2 amide bonds. The van der Waals surface area contributed by atoms with Crippen molar-refractivity contribution < 1.29 is 14.0 Å². The predicted molar refractivity (Wildman–Crippen MR) is 93.1 cm³/mol. The molecule has 7 nitrogen and oxygen atoms in total. The normalized spacial score (nSPS) is 10.9. The van der Waals surface area contributed by atoms with Crippen LogP contribution in [0.4, 0.5) is 0 Å². The summed E-state index contributed by atoms with van der Waals surface area (Å²) < 4.78 is 6.57. The van der Waals surface area contributed by atoms with Crippen LogP contribution >= 0.6 is 34.7 Å². The Morgan fingerprint density at radius 2 is 2.12 bits per heavy atom. The van der Waals surface area contributed by atoms with Crippen molar-refractivity contribution >= 4 is 56.6 Å². The van der Waals surface area contributed by atoms with Crippen molar-refractivity contribution in [2.24, 2.45) is 5.73 Å². The molecule has 0 saturated carbocycles. The number of rotatable bonds is 6. The molecule has 2 heterocycles. The fourth-order valence-electron chi connectivity index (χ4n) is 1.88. The van der Waals surface area contributed by atoms with Gasteiger partial charge in [0.25, 0.3) is 11.1 Å². The highest BCUT2D eigenvalue weighted by Crippen LogP contribution is 2.41. The summed E-state index contributed by atoms with van der Waals surface area (Å²) in [6.45, 7) is -0.203. The molecule has 0 unspecified atom stereocenters. The number of primary amides is 1. The van der Waals surface area contributed by atoms with Gasteiger partial charge in [-0.15, -0.1) is 21.5 Å². The second-order valence-corrected chi connectivity index (χ2v) is 7.00. The maximum atomic E-state index is 11.5. The number of benzene rings is 1. The van der Waals surface area contributed by atoms with Crippen LogP contribution < -0.4 is 11.1 Å². The van der Waals surface area contributed by atoms with E-state index in [1.165, 1.54) is 11.3 Å². The first-order valence-corrected chi connectivity index (χ1v) is 8.91. The Morgan fingerprint density at radius 1 is 1.33 bits per heavy atom. The van der Waals surface area contributed by atoms with Gasteiger partial charge in [0, 0.05) is 10.1 Å². The second kappa shape index (κ2) is 7.20. The van der Waals surface area contributed by atoms with Gasteiger partial charge in [-0.05, 0) is 6.07 Å². The number of thioether (sulfide) groups is 1. The number of thiophene rings is 1. The fraction of sp³-hybridized carbons (Fsp3) is 0.143. The van der Waals surface area contributed by atoms with Gasteiger partial charge in [0.15, 0.2) is 0 Å². The molecule has 10 heteroatoms. The highest BCUT2D eigenvalue weighted by atomic mass is 35.5. The number of nitrogens with one attached hydrogen (secondary N) is 1. The lowest BCUT2D eigenvalue weighted by molar-refractivity contribution is -0.123. The van der Waals surface area contributed by atoms with Gasteiger partial charge in [0.1, 0.15) is 4.88 Å². The van der Waals surface area contributed by atoms with E-state index in [1.807, 2.05) is 24.3 Å². The molecule has 124 valence electrons. The summed E-state index contributed by atoms with van der Waals surface area (Å²) >= 11 is 8.89. The van der Waals surface area contributed by atoms with E-state index in [2.05, 4.69) is 15.5 Å². The van der Waals surface area contributed by atoms with Crippen molar-refractivity contribution in [3.05, 3.63) is 29.3 Å². The number of nitrogens with zero attached hydrogens (tertiary/aromatic N) is 2. The summed E-state index contributed by atoms with van der Waals surface area (Å²) in [5, 5.41) is 12.0. The molecule has 0 aliphatic rings. The van der Waals surface area contributed by atoms with Gasteiger partial charge in [0.2, 0.25) is 11.8 Å². The molecule has 0 bridgehead atoms. The number of aromatic nitrogens is 2. The number of fused-ring (bicyclic) bond motifs is 1. The number of carbonyl (C=O) groups excluding carboxylic acids is 2. The fourth-order valence-corrected chi connectivity index (χ4v) is 3.90. The second-order valence-electron chi connectivity index (χ2n) is 4.65. The van der Waals surface area contributed by atoms with Gasteiger partial charge in [-0.25, -0.2) is 0 Å². The van der Waals surface area contributed by atoms with Crippen molar-refractivity contribution in [1.29, 1.82) is 0 Å². The standard InChI is InChI=1S/C14H11ClN4O3S2/c15-11-7-3-1-2-4-8(7)24-12(11)13-18-19-14(22-13)23-6-10(21)17-5-9(16)20/h1-4H,5-6H2,(H2,16,20)(H,17,21). The molecule has 2 aromatic heterocycles. The van der Waals surface area contributed by atoms with Crippen LogP contribution in [0.15, 0.2) is 33.9 Å². The minimum Gasteiger partial charge on any atom is -0.410 e. The molecule has 0 atom stereocenters.